The Morgan fingerprint density at radius 2 is 1.70 bits per heavy atom. The first-order chi connectivity index (χ1) is 10.9. The quantitative estimate of drug-likeness (QED) is 0.781. The topological polar surface area (TPSA) is 44.8 Å². The molecular formula is C16H13F3O4. The normalized spacial score (nSPS) is 11.0. The number of benzene rings is 2. The van der Waals surface area contributed by atoms with E-state index in [0.717, 1.165) is 24.8 Å². The molecule has 4 nitrogen and oxygen atoms in total. The average Bonchev–Trinajstić information content (AvgIpc) is 2.51. The number of alkyl halides is 3. The van der Waals surface area contributed by atoms with Crippen molar-refractivity contribution in [2.24, 2.45) is 0 Å². The zero-order chi connectivity index (χ0) is 16.9. The first kappa shape index (κ1) is 16.7. The number of esters is 1. The molecular weight excluding hydrogens is 313 g/mol. The molecule has 0 bridgehead atoms. The van der Waals surface area contributed by atoms with Crippen LogP contribution in [0.5, 0.6) is 11.5 Å². The number of carbonyl (C=O) groups excluding carboxylic acids is 1. The van der Waals surface area contributed by atoms with Crippen LogP contribution in [0.4, 0.5) is 13.2 Å². The Labute approximate surface area is 130 Å². The molecule has 2 aromatic carbocycles. The number of methoxy groups -OCH3 is 1. The van der Waals surface area contributed by atoms with Gasteiger partial charge in [-0.1, -0.05) is 30.3 Å². The van der Waals surface area contributed by atoms with Crippen molar-refractivity contribution in [1.82, 2.24) is 0 Å². The van der Waals surface area contributed by atoms with Crippen LogP contribution in [0.2, 0.25) is 0 Å². The SMILES string of the molecule is COC(=O)c1cc(OCc2ccccc2)cc(OC(F)(F)F)c1. The van der Waals surface area contributed by atoms with E-state index < -0.39 is 18.1 Å². The van der Waals surface area contributed by atoms with Crippen molar-refractivity contribution in [2.45, 2.75) is 13.0 Å². The van der Waals surface area contributed by atoms with Crippen molar-refractivity contribution in [2.75, 3.05) is 7.11 Å². The van der Waals surface area contributed by atoms with Crippen molar-refractivity contribution in [3.8, 4) is 11.5 Å². The average molecular weight is 326 g/mol. The molecule has 7 heteroatoms. The summed E-state index contributed by atoms with van der Waals surface area (Å²) in [6, 6.07) is 12.3. The first-order valence-corrected chi connectivity index (χ1v) is 6.53. The fourth-order valence-corrected chi connectivity index (χ4v) is 1.82. The first-order valence-electron chi connectivity index (χ1n) is 6.53. The molecule has 0 aromatic heterocycles. The van der Waals surface area contributed by atoms with Gasteiger partial charge in [-0.05, 0) is 17.7 Å². The molecule has 0 atom stereocenters. The Morgan fingerprint density at radius 1 is 1.04 bits per heavy atom. The molecule has 0 amide bonds. The smallest absolute Gasteiger partial charge is 0.489 e. The fourth-order valence-electron chi connectivity index (χ4n) is 1.82. The second kappa shape index (κ2) is 7.04. The Bertz CT molecular complexity index is 669. The Balaban J connectivity index is 2.23. The van der Waals surface area contributed by atoms with Crippen LogP contribution < -0.4 is 9.47 Å². The number of halogens is 3. The van der Waals surface area contributed by atoms with E-state index in [4.69, 9.17) is 4.74 Å². The third-order valence-corrected chi connectivity index (χ3v) is 2.78. The highest BCUT2D eigenvalue weighted by molar-refractivity contribution is 5.90. The van der Waals surface area contributed by atoms with Gasteiger partial charge in [0.05, 0.1) is 12.7 Å². The molecule has 0 unspecified atom stereocenters. The van der Waals surface area contributed by atoms with Crippen LogP contribution in [0.15, 0.2) is 48.5 Å². The van der Waals surface area contributed by atoms with E-state index >= 15 is 0 Å². The third kappa shape index (κ3) is 5.21. The minimum absolute atomic E-state index is 0.0657. The highest BCUT2D eigenvalue weighted by Crippen LogP contribution is 2.29. The molecule has 0 saturated heterocycles. The van der Waals surface area contributed by atoms with Gasteiger partial charge < -0.3 is 14.2 Å². The predicted octanol–water partition coefficient (Wildman–Crippen LogP) is 3.95. The van der Waals surface area contributed by atoms with E-state index in [9.17, 15) is 18.0 Å². The van der Waals surface area contributed by atoms with E-state index in [1.807, 2.05) is 18.2 Å². The largest absolute Gasteiger partial charge is 0.573 e. The van der Waals surface area contributed by atoms with Gasteiger partial charge in [0.1, 0.15) is 18.1 Å². The lowest BCUT2D eigenvalue weighted by Crippen LogP contribution is -2.17. The molecule has 0 spiro atoms. The fraction of sp³-hybridized carbons (Fsp3) is 0.188. The highest BCUT2D eigenvalue weighted by Gasteiger charge is 2.31. The number of carbonyl (C=O) groups is 1. The van der Waals surface area contributed by atoms with E-state index in [2.05, 4.69) is 9.47 Å². The van der Waals surface area contributed by atoms with Gasteiger partial charge in [0.2, 0.25) is 0 Å². The summed E-state index contributed by atoms with van der Waals surface area (Å²) in [4.78, 5) is 11.5. The van der Waals surface area contributed by atoms with Gasteiger partial charge >= 0.3 is 12.3 Å². The minimum Gasteiger partial charge on any atom is -0.489 e. The monoisotopic (exact) mass is 326 g/mol. The lowest BCUT2D eigenvalue weighted by Gasteiger charge is -2.13. The van der Waals surface area contributed by atoms with Gasteiger partial charge in [-0.2, -0.15) is 0 Å². The Hall–Kier alpha value is -2.70. The van der Waals surface area contributed by atoms with Crippen LogP contribution in [0, 0.1) is 0 Å². The molecule has 0 radical (unpaired) electrons. The predicted molar refractivity (Wildman–Crippen MR) is 75.2 cm³/mol. The van der Waals surface area contributed by atoms with Crippen LogP contribution in [0.1, 0.15) is 15.9 Å². The number of rotatable bonds is 5. The highest BCUT2D eigenvalue weighted by atomic mass is 19.4. The van der Waals surface area contributed by atoms with Crippen LogP contribution in [-0.2, 0) is 11.3 Å². The number of ether oxygens (including phenoxy) is 3. The molecule has 0 aliphatic heterocycles. The maximum absolute atomic E-state index is 12.4. The number of hydrogen-bond acceptors (Lipinski definition) is 4. The Kier molecular flexibility index (Phi) is 5.10. The molecule has 2 aromatic rings. The summed E-state index contributed by atoms with van der Waals surface area (Å²) in [6.45, 7) is 0.136. The summed E-state index contributed by atoms with van der Waals surface area (Å²) in [7, 11) is 1.13. The van der Waals surface area contributed by atoms with E-state index in [-0.39, 0.29) is 17.9 Å². The lowest BCUT2D eigenvalue weighted by atomic mass is 10.2. The van der Waals surface area contributed by atoms with Crippen molar-refractivity contribution in [3.63, 3.8) is 0 Å². The molecule has 23 heavy (non-hydrogen) atoms. The van der Waals surface area contributed by atoms with Crippen LogP contribution >= 0.6 is 0 Å². The zero-order valence-electron chi connectivity index (χ0n) is 12.1. The van der Waals surface area contributed by atoms with Gasteiger partial charge in [-0.15, -0.1) is 13.2 Å². The van der Waals surface area contributed by atoms with Gasteiger partial charge in [0.25, 0.3) is 0 Å². The van der Waals surface area contributed by atoms with E-state index in [1.165, 1.54) is 6.07 Å². The molecule has 2 rings (SSSR count). The molecule has 0 fully saturated rings. The summed E-state index contributed by atoms with van der Waals surface area (Å²) < 4.78 is 50.9. The Morgan fingerprint density at radius 3 is 2.30 bits per heavy atom. The van der Waals surface area contributed by atoms with E-state index in [1.54, 1.807) is 12.1 Å². The molecule has 0 N–H and O–H groups in total. The molecule has 0 aliphatic carbocycles. The molecule has 0 heterocycles. The van der Waals surface area contributed by atoms with Crippen LogP contribution in [0.25, 0.3) is 0 Å². The van der Waals surface area contributed by atoms with Crippen molar-refractivity contribution < 1.29 is 32.2 Å². The summed E-state index contributed by atoms with van der Waals surface area (Å²) >= 11 is 0. The summed E-state index contributed by atoms with van der Waals surface area (Å²) in [5.41, 5.74) is 0.728. The lowest BCUT2D eigenvalue weighted by molar-refractivity contribution is -0.274. The second-order valence-electron chi connectivity index (χ2n) is 4.51. The molecule has 0 aliphatic rings. The van der Waals surface area contributed by atoms with Crippen molar-refractivity contribution >= 4 is 5.97 Å². The second-order valence-corrected chi connectivity index (χ2v) is 4.51. The maximum atomic E-state index is 12.4. The van der Waals surface area contributed by atoms with Crippen LogP contribution in [-0.4, -0.2) is 19.4 Å². The summed E-state index contributed by atoms with van der Waals surface area (Å²) in [5.74, 6) is -1.28. The zero-order valence-corrected chi connectivity index (χ0v) is 12.1. The number of hydrogen-bond donors (Lipinski definition) is 0. The van der Waals surface area contributed by atoms with Gasteiger partial charge in [-0.25, -0.2) is 4.79 Å². The van der Waals surface area contributed by atoms with Crippen molar-refractivity contribution in [3.05, 3.63) is 59.7 Å². The van der Waals surface area contributed by atoms with E-state index in [0.29, 0.717) is 0 Å². The van der Waals surface area contributed by atoms with Gasteiger partial charge in [0.15, 0.2) is 0 Å². The van der Waals surface area contributed by atoms with Gasteiger partial charge in [0, 0.05) is 6.07 Å². The molecule has 0 saturated carbocycles. The standard InChI is InChI=1S/C16H13F3O4/c1-21-15(20)12-7-13(9-14(8-12)23-16(17,18)19)22-10-11-5-3-2-4-6-11/h2-9H,10H2,1H3. The van der Waals surface area contributed by atoms with Crippen LogP contribution in [0.3, 0.4) is 0 Å². The van der Waals surface area contributed by atoms with Crippen molar-refractivity contribution in [1.29, 1.82) is 0 Å². The molecule has 122 valence electrons. The third-order valence-electron chi connectivity index (χ3n) is 2.78. The van der Waals surface area contributed by atoms with Gasteiger partial charge in [-0.3, -0.25) is 0 Å². The minimum atomic E-state index is -4.87. The summed E-state index contributed by atoms with van der Waals surface area (Å²) in [5, 5.41) is 0. The maximum Gasteiger partial charge on any atom is 0.573 e. The summed E-state index contributed by atoms with van der Waals surface area (Å²) in [6.07, 6.45) is -4.87.